The molecule has 0 aliphatic heterocycles. The minimum absolute atomic E-state index is 0.165. The van der Waals surface area contributed by atoms with Crippen molar-refractivity contribution < 1.29 is 4.39 Å². The van der Waals surface area contributed by atoms with Crippen LogP contribution >= 0.6 is 0 Å². The lowest BCUT2D eigenvalue weighted by atomic mass is 10.1. The zero-order valence-corrected chi connectivity index (χ0v) is 16.4. The predicted octanol–water partition coefficient (Wildman–Crippen LogP) is 4.90. The van der Waals surface area contributed by atoms with Crippen LogP contribution in [0.1, 0.15) is 5.56 Å². The van der Waals surface area contributed by atoms with Gasteiger partial charge in [-0.2, -0.15) is 10.2 Å². The molecule has 0 unspecified atom stereocenters. The maximum atomic E-state index is 15.1. The van der Waals surface area contributed by atoms with Gasteiger partial charge in [0, 0.05) is 29.3 Å². The summed E-state index contributed by atoms with van der Waals surface area (Å²) in [5.41, 5.74) is 4.82. The molecule has 0 atom stereocenters. The van der Waals surface area contributed by atoms with Crippen LogP contribution in [0, 0.1) is 5.82 Å². The molecule has 31 heavy (non-hydrogen) atoms. The van der Waals surface area contributed by atoms with Crippen LogP contribution in [-0.2, 0) is 6.54 Å². The standard InChI is InChI=1S/C24H17FN6/c25-22-23(19-7-8-21-18(12-19)2-1-10-26-21)28-15-29-24(22)27-13-16-3-5-17(6-4-16)20-9-11-30-31-14-20/h1-12,14-15H,13H2,(H,27,28,29). The molecule has 0 bridgehead atoms. The largest absolute Gasteiger partial charge is 0.363 e. The monoisotopic (exact) mass is 408 g/mol. The Hall–Kier alpha value is -4.26. The van der Waals surface area contributed by atoms with Crippen molar-refractivity contribution in [3.05, 3.63) is 97.0 Å². The van der Waals surface area contributed by atoms with Gasteiger partial charge in [-0.1, -0.05) is 36.4 Å². The van der Waals surface area contributed by atoms with E-state index in [4.69, 9.17) is 0 Å². The molecule has 6 nitrogen and oxygen atoms in total. The van der Waals surface area contributed by atoms with Crippen molar-refractivity contribution >= 4 is 16.7 Å². The molecule has 3 aromatic heterocycles. The van der Waals surface area contributed by atoms with Gasteiger partial charge in [-0.3, -0.25) is 4.98 Å². The molecule has 0 saturated carbocycles. The second kappa shape index (κ2) is 8.23. The molecule has 0 radical (unpaired) electrons. The Morgan fingerprint density at radius 3 is 2.48 bits per heavy atom. The molecule has 0 aliphatic carbocycles. The first kappa shape index (κ1) is 18.7. The van der Waals surface area contributed by atoms with Gasteiger partial charge in [-0.15, -0.1) is 0 Å². The fourth-order valence-electron chi connectivity index (χ4n) is 3.38. The summed E-state index contributed by atoms with van der Waals surface area (Å²) in [5, 5.41) is 11.7. The molecule has 5 aromatic rings. The third kappa shape index (κ3) is 3.93. The van der Waals surface area contributed by atoms with Crippen LogP contribution in [0.25, 0.3) is 33.3 Å². The van der Waals surface area contributed by atoms with E-state index in [1.54, 1.807) is 18.6 Å². The SMILES string of the molecule is Fc1c(NCc2ccc(-c3ccnnc3)cc2)ncnc1-c1ccc2ncccc2c1. The van der Waals surface area contributed by atoms with Crippen LogP contribution in [0.2, 0.25) is 0 Å². The maximum Gasteiger partial charge on any atom is 0.191 e. The zero-order chi connectivity index (χ0) is 21.0. The fourth-order valence-corrected chi connectivity index (χ4v) is 3.38. The number of nitrogens with zero attached hydrogens (tertiary/aromatic N) is 5. The van der Waals surface area contributed by atoms with E-state index in [0.717, 1.165) is 27.6 Å². The van der Waals surface area contributed by atoms with Crippen molar-refractivity contribution in [1.82, 2.24) is 25.1 Å². The number of hydrogen-bond donors (Lipinski definition) is 1. The highest BCUT2D eigenvalue weighted by Gasteiger charge is 2.13. The Bertz CT molecular complexity index is 1340. The first-order valence-corrected chi connectivity index (χ1v) is 9.73. The fraction of sp³-hybridized carbons (Fsp3) is 0.0417. The summed E-state index contributed by atoms with van der Waals surface area (Å²) in [5.74, 6) is -0.316. The predicted molar refractivity (Wildman–Crippen MR) is 118 cm³/mol. The van der Waals surface area contributed by atoms with Gasteiger partial charge in [-0.25, -0.2) is 14.4 Å². The van der Waals surface area contributed by atoms with Crippen molar-refractivity contribution in [3.63, 3.8) is 0 Å². The van der Waals surface area contributed by atoms with Crippen molar-refractivity contribution in [2.24, 2.45) is 0 Å². The van der Waals surface area contributed by atoms with Gasteiger partial charge in [0.1, 0.15) is 12.0 Å². The third-order valence-electron chi connectivity index (χ3n) is 5.00. The van der Waals surface area contributed by atoms with Crippen LogP contribution in [0.5, 0.6) is 0 Å². The smallest absolute Gasteiger partial charge is 0.191 e. The Morgan fingerprint density at radius 1 is 0.774 bits per heavy atom. The number of rotatable bonds is 5. The van der Waals surface area contributed by atoms with Crippen molar-refractivity contribution in [3.8, 4) is 22.4 Å². The first-order valence-electron chi connectivity index (χ1n) is 9.73. The van der Waals surface area contributed by atoms with Gasteiger partial charge < -0.3 is 5.32 Å². The van der Waals surface area contributed by atoms with Crippen LogP contribution in [0.4, 0.5) is 10.2 Å². The quantitative estimate of drug-likeness (QED) is 0.446. The number of pyridine rings is 1. The van der Waals surface area contributed by atoms with E-state index in [1.807, 2.05) is 60.7 Å². The summed E-state index contributed by atoms with van der Waals surface area (Å²) >= 11 is 0. The van der Waals surface area contributed by atoms with Gasteiger partial charge in [0.2, 0.25) is 0 Å². The molecular formula is C24H17FN6. The summed E-state index contributed by atoms with van der Waals surface area (Å²) in [4.78, 5) is 12.5. The van der Waals surface area contributed by atoms with Gasteiger partial charge in [0.25, 0.3) is 0 Å². The number of benzene rings is 2. The van der Waals surface area contributed by atoms with Gasteiger partial charge in [-0.05, 0) is 35.4 Å². The summed E-state index contributed by atoms with van der Waals surface area (Å²) in [6.07, 6.45) is 6.48. The summed E-state index contributed by atoms with van der Waals surface area (Å²) in [6, 6.07) is 19.2. The average Bonchev–Trinajstić information content (AvgIpc) is 2.84. The first-order chi connectivity index (χ1) is 15.3. The van der Waals surface area contributed by atoms with Crippen LogP contribution in [0.15, 0.2) is 85.6 Å². The molecular weight excluding hydrogens is 391 g/mol. The highest BCUT2D eigenvalue weighted by atomic mass is 19.1. The van der Waals surface area contributed by atoms with Gasteiger partial charge >= 0.3 is 0 Å². The third-order valence-corrected chi connectivity index (χ3v) is 5.00. The molecule has 0 spiro atoms. The van der Waals surface area contributed by atoms with Crippen molar-refractivity contribution in [1.29, 1.82) is 0 Å². The average molecular weight is 408 g/mol. The number of nitrogens with one attached hydrogen (secondary N) is 1. The number of hydrogen-bond acceptors (Lipinski definition) is 6. The lowest BCUT2D eigenvalue weighted by molar-refractivity contribution is 0.621. The van der Waals surface area contributed by atoms with Crippen LogP contribution < -0.4 is 5.32 Å². The Labute approximate surface area is 177 Å². The summed E-state index contributed by atoms with van der Waals surface area (Å²) in [7, 11) is 0. The number of fused-ring (bicyclic) bond motifs is 1. The highest BCUT2D eigenvalue weighted by molar-refractivity contribution is 5.84. The minimum atomic E-state index is -0.481. The number of anilines is 1. The van der Waals surface area contributed by atoms with E-state index in [2.05, 4.69) is 30.5 Å². The second-order valence-corrected chi connectivity index (χ2v) is 6.98. The van der Waals surface area contributed by atoms with E-state index in [9.17, 15) is 0 Å². The van der Waals surface area contributed by atoms with E-state index < -0.39 is 5.82 Å². The number of aromatic nitrogens is 5. The second-order valence-electron chi connectivity index (χ2n) is 6.98. The van der Waals surface area contributed by atoms with Crippen LogP contribution in [0.3, 0.4) is 0 Å². The molecule has 5 rings (SSSR count). The minimum Gasteiger partial charge on any atom is -0.363 e. The molecule has 150 valence electrons. The molecule has 3 heterocycles. The zero-order valence-electron chi connectivity index (χ0n) is 16.4. The van der Waals surface area contributed by atoms with E-state index >= 15 is 4.39 Å². The maximum absolute atomic E-state index is 15.1. The highest BCUT2D eigenvalue weighted by Crippen LogP contribution is 2.27. The van der Waals surface area contributed by atoms with Crippen LogP contribution in [-0.4, -0.2) is 25.1 Å². The van der Waals surface area contributed by atoms with Crippen molar-refractivity contribution in [2.75, 3.05) is 5.32 Å². The Kier molecular flexibility index (Phi) is 4.98. The molecule has 0 fully saturated rings. The summed E-state index contributed by atoms with van der Waals surface area (Å²) in [6.45, 7) is 0.434. The topological polar surface area (TPSA) is 76.5 Å². The van der Waals surface area contributed by atoms with E-state index in [-0.39, 0.29) is 11.5 Å². The van der Waals surface area contributed by atoms with Gasteiger partial charge in [0.05, 0.1) is 17.9 Å². The molecule has 1 N–H and O–H groups in total. The molecule has 0 saturated heterocycles. The van der Waals surface area contributed by atoms with E-state index in [0.29, 0.717) is 12.1 Å². The molecule has 2 aromatic carbocycles. The molecule has 0 amide bonds. The lowest BCUT2D eigenvalue weighted by Crippen LogP contribution is -2.05. The molecule has 7 heteroatoms. The molecule has 0 aliphatic rings. The Morgan fingerprint density at radius 2 is 1.65 bits per heavy atom. The normalized spacial score (nSPS) is 10.9. The number of halogens is 1. The van der Waals surface area contributed by atoms with E-state index in [1.165, 1.54) is 6.33 Å². The Balaban J connectivity index is 1.35. The van der Waals surface area contributed by atoms with Gasteiger partial charge in [0.15, 0.2) is 11.6 Å². The lowest BCUT2D eigenvalue weighted by Gasteiger charge is -2.10. The van der Waals surface area contributed by atoms with Crippen molar-refractivity contribution in [2.45, 2.75) is 6.54 Å². The summed E-state index contributed by atoms with van der Waals surface area (Å²) < 4.78 is 15.1.